The first-order valence-electron chi connectivity index (χ1n) is 9.27. The largest absolute Gasteiger partial charge is 0.349 e. The Bertz CT molecular complexity index is 1080. The molecule has 0 bridgehead atoms. The lowest BCUT2D eigenvalue weighted by Crippen LogP contribution is -2.33. The van der Waals surface area contributed by atoms with E-state index in [4.69, 9.17) is 0 Å². The van der Waals surface area contributed by atoms with Gasteiger partial charge in [0, 0.05) is 18.3 Å². The number of nitrogens with one attached hydrogen (secondary N) is 1. The summed E-state index contributed by atoms with van der Waals surface area (Å²) in [4.78, 5) is 24.4. The van der Waals surface area contributed by atoms with Crippen molar-refractivity contribution >= 4 is 5.91 Å². The van der Waals surface area contributed by atoms with Gasteiger partial charge in [0.2, 0.25) is 0 Å². The number of carbonyl (C=O) groups excluding carboxylic acids is 1. The van der Waals surface area contributed by atoms with Crippen molar-refractivity contribution in [3.63, 3.8) is 0 Å². The molecule has 28 heavy (non-hydrogen) atoms. The van der Waals surface area contributed by atoms with Crippen molar-refractivity contribution in [1.82, 2.24) is 35.1 Å². The molecular formula is C19H21N7O2. The molecule has 1 aliphatic rings. The second kappa shape index (κ2) is 7.34. The van der Waals surface area contributed by atoms with Crippen LogP contribution in [0.25, 0.3) is 5.82 Å². The van der Waals surface area contributed by atoms with E-state index in [1.807, 2.05) is 19.9 Å². The van der Waals surface area contributed by atoms with Crippen LogP contribution < -0.4 is 10.9 Å². The third kappa shape index (κ3) is 3.55. The Balaban J connectivity index is 1.38. The second-order valence-electron chi connectivity index (χ2n) is 6.90. The maximum atomic E-state index is 12.3. The first-order chi connectivity index (χ1) is 13.5. The Kier molecular flexibility index (Phi) is 4.72. The zero-order chi connectivity index (χ0) is 19.7. The average molecular weight is 379 g/mol. The highest BCUT2D eigenvalue weighted by atomic mass is 16.2. The van der Waals surface area contributed by atoms with Crippen LogP contribution in [0.15, 0.2) is 29.1 Å². The maximum Gasteiger partial charge on any atom is 0.271 e. The number of carbonyl (C=O) groups is 1. The van der Waals surface area contributed by atoms with Crippen LogP contribution >= 0.6 is 0 Å². The minimum absolute atomic E-state index is 0.135. The van der Waals surface area contributed by atoms with Crippen molar-refractivity contribution in [2.75, 3.05) is 6.54 Å². The SMILES string of the molecule is Cc1cc(C)n(-c2ccc(C(=O)NCCn3nc4c(cc3=O)CCC4)nn2)n1. The summed E-state index contributed by atoms with van der Waals surface area (Å²) in [5.41, 5.74) is 3.93. The van der Waals surface area contributed by atoms with E-state index in [1.165, 1.54) is 4.68 Å². The minimum Gasteiger partial charge on any atom is -0.349 e. The van der Waals surface area contributed by atoms with E-state index < -0.39 is 0 Å². The van der Waals surface area contributed by atoms with Crippen molar-refractivity contribution < 1.29 is 4.79 Å². The van der Waals surface area contributed by atoms with E-state index >= 15 is 0 Å². The van der Waals surface area contributed by atoms with Gasteiger partial charge in [-0.1, -0.05) is 0 Å². The molecule has 0 fully saturated rings. The van der Waals surface area contributed by atoms with Gasteiger partial charge in [-0.2, -0.15) is 10.2 Å². The first kappa shape index (κ1) is 18.0. The van der Waals surface area contributed by atoms with Gasteiger partial charge >= 0.3 is 0 Å². The Morgan fingerprint density at radius 2 is 2.00 bits per heavy atom. The third-order valence-electron chi connectivity index (χ3n) is 4.74. The molecule has 3 aromatic rings. The highest BCUT2D eigenvalue weighted by Gasteiger charge is 2.15. The van der Waals surface area contributed by atoms with Crippen LogP contribution in [0.4, 0.5) is 0 Å². The van der Waals surface area contributed by atoms with Gasteiger partial charge in [0.1, 0.15) is 0 Å². The predicted molar refractivity (Wildman–Crippen MR) is 101 cm³/mol. The van der Waals surface area contributed by atoms with Gasteiger partial charge < -0.3 is 5.32 Å². The minimum atomic E-state index is -0.346. The van der Waals surface area contributed by atoms with Crippen molar-refractivity contribution in [2.45, 2.75) is 39.7 Å². The number of fused-ring (bicyclic) bond motifs is 1. The van der Waals surface area contributed by atoms with Crippen molar-refractivity contribution in [3.05, 3.63) is 63.0 Å². The molecule has 3 aromatic heterocycles. The third-order valence-corrected chi connectivity index (χ3v) is 4.74. The topological polar surface area (TPSA) is 108 Å². The molecule has 0 unspecified atom stereocenters. The lowest BCUT2D eigenvalue weighted by Gasteiger charge is -2.08. The average Bonchev–Trinajstić information content (AvgIpc) is 3.27. The maximum absolute atomic E-state index is 12.3. The molecule has 3 heterocycles. The fourth-order valence-electron chi connectivity index (χ4n) is 3.39. The van der Waals surface area contributed by atoms with Gasteiger partial charge in [-0.05, 0) is 56.9 Å². The summed E-state index contributed by atoms with van der Waals surface area (Å²) in [7, 11) is 0. The fraction of sp³-hybridized carbons (Fsp3) is 0.368. The number of hydrogen-bond donors (Lipinski definition) is 1. The van der Waals surface area contributed by atoms with Crippen LogP contribution in [0.2, 0.25) is 0 Å². The lowest BCUT2D eigenvalue weighted by atomic mass is 10.2. The molecule has 1 N–H and O–H groups in total. The molecule has 9 heteroatoms. The summed E-state index contributed by atoms with van der Waals surface area (Å²) in [6.07, 6.45) is 2.86. The molecule has 0 aromatic carbocycles. The predicted octanol–water partition coefficient (Wildman–Crippen LogP) is 0.755. The molecule has 0 radical (unpaired) electrons. The molecular weight excluding hydrogens is 358 g/mol. The monoisotopic (exact) mass is 379 g/mol. The normalized spacial score (nSPS) is 12.8. The Morgan fingerprint density at radius 3 is 2.71 bits per heavy atom. The summed E-state index contributed by atoms with van der Waals surface area (Å²) >= 11 is 0. The zero-order valence-corrected chi connectivity index (χ0v) is 15.8. The quantitative estimate of drug-likeness (QED) is 0.701. The smallest absolute Gasteiger partial charge is 0.271 e. The standard InChI is InChI=1S/C19H21N7O2/c1-12-10-13(2)26(23-12)17-7-6-16(21-22-17)19(28)20-8-9-25-18(27)11-14-4-3-5-15(14)24-25/h6-7,10-11H,3-5,8-9H2,1-2H3,(H,20,28). The molecule has 144 valence electrons. The molecule has 4 rings (SSSR count). The van der Waals surface area contributed by atoms with Gasteiger partial charge in [0.25, 0.3) is 11.5 Å². The molecule has 0 saturated heterocycles. The number of amides is 1. The molecule has 0 atom stereocenters. The number of rotatable bonds is 5. The van der Waals surface area contributed by atoms with E-state index in [9.17, 15) is 9.59 Å². The van der Waals surface area contributed by atoms with E-state index in [0.29, 0.717) is 12.4 Å². The van der Waals surface area contributed by atoms with E-state index in [2.05, 4.69) is 25.7 Å². The molecule has 1 aliphatic carbocycles. The van der Waals surface area contributed by atoms with Crippen molar-refractivity contribution in [2.24, 2.45) is 0 Å². The zero-order valence-electron chi connectivity index (χ0n) is 15.8. The van der Waals surface area contributed by atoms with Crippen LogP contribution in [-0.4, -0.2) is 42.2 Å². The Morgan fingerprint density at radius 1 is 1.14 bits per heavy atom. The van der Waals surface area contributed by atoms with Crippen LogP contribution in [0.3, 0.4) is 0 Å². The molecule has 1 amide bonds. The van der Waals surface area contributed by atoms with Crippen LogP contribution in [0.5, 0.6) is 0 Å². The summed E-state index contributed by atoms with van der Waals surface area (Å²) in [5, 5.41) is 19.6. The lowest BCUT2D eigenvalue weighted by molar-refractivity contribution is 0.0945. The van der Waals surface area contributed by atoms with E-state index in [0.717, 1.165) is 41.9 Å². The summed E-state index contributed by atoms with van der Waals surface area (Å²) in [5.74, 6) is 0.206. The number of aromatic nitrogens is 6. The number of aryl methyl sites for hydroxylation is 4. The Labute approximate surface area is 161 Å². The first-order valence-corrected chi connectivity index (χ1v) is 9.27. The van der Waals surface area contributed by atoms with Crippen molar-refractivity contribution in [3.8, 4) is 5.82 Å². The fourth-order valence-corrected chi connectivity index (χ4v) is 3.39. The number of nitrogens with zero attached hydrogens (tertiary/aromatic N) is 6. The highest BCUT2D eigenvalue weighted by Crippen LogP contribution is 2.16. The van der Waals surface area contributed by atoms with E-state index in [1.54, 1.807) is 22.9 Å². The molecule has 0 saturated carbocycles. The van der Waals surface area contributed by atoms with Gasteiger partial charge in [-0.3, -0.25) is 9.59 Å². The molecule has 0 spiro atoms. The van der Waals surface area contributed by atoms with Crippen LogP contribution in [0.1, 0.15) is 39.6 Å². The van der Waals surface area contributed by atoms with Gasteiger partial charge in [0.05, 0.1) is 17.9 Å². The summed E-state index contributed by atoms with van der Waals surface area (Å²) in [6, 6.07) is 6.90. The van der Waals surface area contributed by atoms with Crippen LogP contribution in [-0.2, 0) is 19.4 Å². The van der Waals surface area contributed by atoms with Gasteiger partial charge in [-0.15, -0.1) is 10.2 Å². The number of hydrogen-bond acceptors (Lipinski definition) is 6. The van der Waals surface area contributed by atoms with Crippen LogP contribution in [0, 0.1) is 13.8 Å². The Hall–Kier alpha value is -3.36. The molecule has 9 nitrogen and oxygen atoms in total. The highest BCUT2D eigenvalue weighted by molar-refractivity contribution is 5.92. The molecule has 0 aliphatic heterocycles. The van der Waals surface area contributed by atoms with Crippen molar-refractivity contribution in [1.29, 1.82) is 0 Å². The van der Waals surface area contributed by atoms with E-state index in [-0.39, 0.29) is 23.7 Å². The summed E-state index contributed by atoms with van der Waals surface area (Å²) in [6.45, 7) is 4.43. The van der Waals surface area contributed by atoms with Gasteiger partial charge in [0.15, 0.2) is 11.5 Å². The second-order valence-corrected chi connectivity index (χ2v) is 6.90. The summed E-state index contributed by atoms with van der Waals surface area (Å²) < 4.78 is 3.08. The van der Waals surface area contributed by atoms with Gasteiger partial charge in [-0.25, -0.2) is 9.36 Å².